The Kier molecular flexibility index (Phi) is 7.38. The molecule has 0 bridgehead atoms. The van der Waals surface area contributed by atoms with Gasteiger partial charge in [-0.2, -0.15) is 0 Å². The average molecular weight is 314 g/mol. The van der Waals surface area contributed by atoms with Crippen molar-refractivity contribution in [3.05, 3.63) is 57.8 Å². The zero-order valence-electron chi connectivity index (χ0n) is 13.5. The summed E-state index contributed by atoms with van der Waals surface area (Å²) in [6.45, 7) is 2.26. The molecule has 0 aliphatic rings. The number of hydrogen-bond acceptors (Lipinski definition) is 2. The normalized spacial score (nSPS) is 10.8. The van der Waals surface area contributed by atoms with Gasteiger partial charge in [-0.05, 0) is 29.9 Å². The van der Waals surface area contributed by atoms with Crippen molar-refractivity contribution in [2.24, 2.45) is 0 Å². The lowest BCUT2D eigenvalue weighted by molar-refractivity contribution is 0.104. The van der Waals surface area contributed by atoms with Crippen LogP contribution in [0.4, 0.5) is 0 Å². The molecule has 1 heterocycles. The van der Waals surface area contributed by atoms with Crippen molar-refractivity contribution < 1.29 is 4.79 Å². The second kappa shape index (κ2) is 9.58. The van der Waals surface area contributed by atoms with Crippen LogP contribution in [0, 0.1) is 0 Å². The van der Waals surface area contributed by atoms with Crippen molar-refractivity contribution in [2.45, 2.75) is 58.3 Å². The van der Waals surface area contributed by atoms with Crippen LogP contribution in [0.15, 0.2) is 41.8 Å². The van der Waals surface area contributed by atoms with E-state index in [1.807, 2.05) is 29.6 Å². The van der Waals surface area contributed by atoms with Crippen LogP contribution in [-0.2, 0) is 6.42 Å². The van der Waals surface area contributed by atoms with Crippen LogP contribution >= 0.6 is 11.3 Å². The summed E-state index contributed by atoms with van der Waals surface area (Å²) in [5.41, 5.74) is 2.14. The third-order valence-corrected chi connectivity index (χ3v) is 4.90. The number of aryl methyl sites for hydroxylation is 1. The maximum absolute atomic E-state index is 12.2. The van der Waals surface area contributed by atoms with Crippen molar-refractivity contribution in [3.63, 3.8) is 0 Å². The summed E-state index contributed by atoms with van der Waals surface area (Å²) in [6, 6.07) is 12.0. The van der Waals surface area contributed by atoms with Gasteiger partial charge in [-0.1, -0.05) is 75.8 Å². The molecule has 1 nitrogen and oxygen atoms in total. The molecule has 0 radical (unpaired) electrons. The smallest absolute Gasteiger partial charge is 0.202 e. The quantitative estimate of drug-likeness (QED) is 0.373. The molecule has 0 saturated carbocycles. The molecule has 0 amide bonds. The Balaban J connectivity index is 1.72. The second-order valence-corrected chi connectivity index (χ2v) is 6.82. The lowest BCUT2D eigenvalue weighted by atomic mass is 10.0. The Morgan fingerprint density at radius 1 is 0.909 bits per heavy atom. The van der Waals surface area contributed by atoms with Gasteiger partial charge in [-0.15, -0.1) is 11.3 Å². The van der Waals surface area contributed by atoms with Crippen molar-refractivity contribution >= 4 is 17.1 Å². The molecule has 1 aromatic heterocycles. The van der Waals surface area contributed by atoms with Gasteiger partial charge in [0.25, 0.3) is 0 Å². The Morgan fingerprint density at radius 3 is 2.23 bits per heavy atom. The first-order valence-electron chi connectivity index (χ1n) is 8.48. The zero-order valence-corrected chi connectivity index (χ0v) is 14.3. The van der Waals surface area contributed by atoms with E-state index in [9.17, 15) is 4.79 Å². The molecule has 2 heteroatoms. The minimum atomic E-state index is 0.137. The summed E-state index contributed by atoms with van der Waals surface area (Å²) in [5, 5.41) is 1.95. The van der Waals surface area contributed by atoms with E-state index >= 15 is 0 Å². The number of unbranched alkanes of at least 4 members (excludes halogenated alkanes) is 6. The largest absolute Gasteiger partial charge is 0.288 e. The van der Waals surface area contributed by atoms with Crippen molar-refractivity contribution in [1.82, 2.24) is 0 Å². The Bertz CT molecular complexity index is 540. The number of carbonyl (C=O) groups excluding carboxylic acids is 1. The van der Waals surface area contributed by atoms with Crippen LogP contribution in [0.1, 0.15) is 72.7 Å². The van der Waals surface area contributed by atoms with E-state index in [-0.39, 0.29) is 5.78 Å². The molecule has 0 aliphatic heterocycles. The van der Waals surface area contributed by atoms with E-state index in [2.05, 4.69) is 19.1 Å². The lowest BCUT2D eigenvalue weighted by Crippen LogP contribution is -1.98. The van der Waals surface area contributed by atoms with E-state index < -0.39 is 0 Å². The second-order valence-electron chi connectivity index (χ2n) is 5.87. The molecular weight excluding hydrogens is 288 g/mol. The van der Waals surface area contributed by atoms with Gasteiger partial charge in [-0.25, -0.2) is 0 Å². The molecular formula is C20H26OS. The molecule has 1 aromatic carbocycles. The van der Waals surface area contributed by atoms with Gasteiger partial charge in [-0.3, -0.25) is 4.79 Å². The standard InChI is InChI=1S/C20H26OS/c1-2-3-4-5-6-7-8-10-17-12-14-18(15-13-17)20(21)19-11-9-16-22-19/h9,11-16H,2-8,10H2,1H3. The van der Waals surface area contributed by atoms with Crippen LogP contribution in [0.2, 0.25) is 0 Å². The third-order valence-electron chi connectivity index (χ3n) is 4.03. The molecule has 0 saturated heterocycles. The predicted octanol–water partition coefficient (Wildman–Crippen LogP) is 6.27. The molecule has 0 unspecified atom stereocenters. The number of carbonyl (C=O) groups is 1. The van der Waals surface area contributed by atoms with E-state index in [0.717, 1.165) is 16.9 Å². The number of benzene rings is 1. The average Bonchev–Trinajstić information content (AvgIpc) is 3.08. The maximum Gasteiger partial charge on any atom is 0.202 e. The first kappa shape index (κ1) is 17.0. The first-order valence-corrected chi connectivity index (χ1v) is 9.36. The number of hydrogen-bond donors (Lipinski definition) is 0. The van der Waals surface area contributed by atoms with Crippen LogP contribution in [-0.4, -0.2) is 5.78 Å². The lowest BCUT2D eigenvalue weighted by Gasteiger charge is -2.04. The van der Waals surface area contributed by atoms with Gasteiger partial charge in [0.05, 0.1) is 4.88 Å². The van der Waals surface area contributed by atoms with Gasteiger partial charge in [0.15, 0.2) is 0 Å². The summed E-state index contributed by atoms with van der Waals surface area (Å²) >= 11 is 1.51. The van der Waals surface area contributed by atoms with Crippen molar-refractivity contribution in [3.8, 4) is 0 Å². The van der Waals surface area contributed by atoms with Gasteiger partial charge >= 0.3 is 0 Å². The predicted molar refractivity (Wildman–Crippen MR) is 95.9 cm³/mol. The highest BCUT2D eigenvalue weighted by atomic mass is 32.1. The zero-order chi connectivity index (χ0) is 15.6. The summed E-state index contributed by atoms with van der Waals surface area (Å²) in [7, 11) is 0. The van der Waals surface area contributed by atoms with Crippen LogP contribution < -0.4 is 0 Å². The monoisotopic (exact) mass is 314 g/mol. The highest BCUT2D eigenvalue weighted by molar-refractivity contribution is 7.12. The minimum absolute atomic E-state index is 0.137. The van der Waals surface area contributed by atoms with Gasteiger partial charge in [0.1, 0.15) is 0 Å². The molecule has 0 fully saturated rings. The van der Waals surface area contributed by atoms with Crippen molar-refractivity contribution in [2.75, 3.05) is 0 Å². The summed E-state index contributed by atoms with van der Waals surface area (Å²) in [6.07, 6.45) is 10.5. The summed E-state index contributed by atoms with van der Waals surface area (Å²) in [5.74, 6) is 0.137. The highest BCUT2D eigenvalue weighted by Crippen LogP contribution is 2.17. The molecule has 0 N–H and O–H groups in total. The summed E-state index contributed by atoms with van der Waals surface area (Å²) in [4.78, 5) is 13.0. The molecule has 0 aliphatic carbocycles. The fourth-order valence-electron chi connectivity index (χ4n) is 2.66. The van der Waals surface area contributed by atoms with Crippen LogP contribution in [0.5, 0.6) is 0 Å². The Labute approximate surface area is 138 Å². The molecule has 0 spiro atoms. The third kappa shape index (κ3) is 5.42. The highest BCUT2D eigenvalue weighted by Gasteiger charge is 2.09. The Morgan fingerprint density at radius 2 is 1.59 bits per heavy atom. The van der Waals surface area contributed by atoms with E-state index in [0.29, 0.717) is 0 Å². The van der Waals surface area contributed by atoms with Crippen LogP contribution in [0.25, 0.3) is 0 Å². The van der Waals surface area contributed by atoms with E-state index in [1.54, 1.807) is 0 Å². The Hall–Kier alpha value is -1.41. The van der Waals surface area contributed by atoms with E-state index in [4.69, 9.17) is 0 Å². The maximum atomic E-state index is 12.2. The van der Waals surface area contributed by atoms with Gasteiger partial charge < -0.3 is 0 Å². The fourth-order valence-corrected chi connectivity index (χ4v) is 3.34. The molecule has 0 atom stereocenters. The summed E-state index contributed by atoms with van der Waals surface area (Å²) < 4.78 is 0. The molecule has 22 heavy (non-hydrogen) atoms. The number of ketones is 1. The van der Waals surface area contributed by atoms with E-state index in [1.165, 1.54) is 61.8 Å². The molecule has 2 rings (SSSR count). The topological polar surface area (TPSA) is 17.1 Å². The van der Waals surface area contributed by atoms with Crippen molar-refractivity contribution in [1.29, 1.82) is 0 Å². The van der Waals surface area contributed by atoms with Gasteiger partial charge in [0, 0.05) is 5.56 Å². The van der Waals surface area contributed by atoms with Gasteiger partial charge in [0.2, 0.25) is 5.78 Å². The SMILES string of the molecule is CCCCCCCCCc1ccc(C(=O)c2cccs2)cc1. The number of thiophene rings is 1. The molecule has 118 valence electrons. The fraction of sp³-hybridized carbons (Fsp3) is 0.450. The van der Waals surface area contributed by atoms with Crippen LogP contribution in [0.3, 0.4) is 0 Å². The minimum Gasteiger partial charge on any atom is -0.288 e. The number of rotatable bonds is 10. The molecule has 2 aromatic rings. The first-order chi connectivity index (χ1) is 10.8.